The smallest absolute Gasteiger partial charge is 0.233 e. The van der Waals surface area contributed by atoms with Crippen molar-refractivity contribution in [3.05, 3.63) is 0 Å². The van der Waals surface area contributed by atoms with Crippen LogP contribution in [0.5, 0.6) is 0 Å². The van der Waals surface area contributed by atoms with Gasteiger partial charge >= 0.3 is 0 Å². The van der Waals surface area contributed by atoms with E-state index >= 15 is 0 Å². The number of nitrogens with two attached hydrogens (primary N) is 1. The molecule has 0 rings (SSSR count). The Morgan fingerprint density at radius 3 is 2.62 bits per heavy atom. The van der Waals surface area contributed by atoms with Gasteiger partial charge in [-0.3, -0.25) is 10.2 Å². The van der Waals surface area contributed by atoms with E-state index in [1.165, 1.54) is 0 Å². The van der Waals surface area contributed by atoms with Crippen molar-refractivity contribution < 1.29 is 4.79 Å². The maximum Gasteiger partial charge on any atom is 0.233 e. The molecule has 0 radical (unpaired) electrons. The van der Waals surface area contributed by atoms with Crippen molar-refractivity contribution in [2.24, 2.45) is 5.84 Å². The third-order valence-electron chi connectivity index (χ3n) is 1.81. The maximum atomic E-state index is 10.7. The summed E-state index contributed by atoms with van der Waals surface area (Å²) in [5, 5.41) is 0.415. The van der Waals surface area contributed by atoms with Crippen LogP contribution < -0.4 is 11.3 Å². The number of hydrogen-bond donors (Lipinski definition) is 4. The quantitative estimate of drug-likeness (QED) is 0.172. The summed E-state index contributed by atoms with van der Waals surface area (Å²) >= 11 is 8.51. The van der Waals surface area contributed by atoms with Gasteiger partial charge in [0.05, 0.1) is 0 Å². The van der Waals surface area contributed by atoms with E-state index in [1.54, 1.807) is 0 Å². The Kier molecular flexibility index (Phi) is 8.80. The topological polar surface area (TPSA) is 55.1 Å². The van der Waals surface area contributed by atoms with Crippen LogP contribution in [0.2, 0.25) is 0 Å². The minimum Gasteiger partial charge on any atom is -0.294 e. The molecule has 3 N–H and O–H groups in total. The Balaban J connectivity index is 3.20. The molecular formula is C8H18N2OS2. The number of rotatable bonds is 7. The first kappa shape index (κ1) is 13.1. The van der Waals surface area contributed by atoms with Gasteiger partial charge in [-0.2, -0.15) is 25.3 Å². The predicted molar refractivity (Wildman–Crippen MR) is 62.0 cm³/mol. The number of amides is 1. The van der Waals surface area contributed by atoms with Gasteiger partial charge in [-0.15, -0.1) is 0 Å². The molecule has 78 valence electrons. The van der Waals surface area contributed by atoms with Crippen molar-refractivity contribution in [1.29, 1.82) is 0 Å². The standard InChI is InChI=1S/C8H18N2OS2/c9-10-8(11)4-2-1-3-7(13)5-6-12/h7,12-13H,1-6,9H2,(H,10,11). The first-order valence-corrected chi connectivity index (χ1v) is 5.64. The molecule has 3 nitrogen and oxygen atoms in total. The van der Waals surface area contributed by atoms with Crippen LogP contribution in [0.4, 0.5) is 0 Å². The molecule has 0 bridgehead atoms. The first-order valence-electron chi connectivity index (χ1n) is 4.49. The number of carbonyl (C=O) groups excluding carboxylic acids is 1. The van der Waals surface area contributed by atoms with E-state index < -0.39 is 0 Å². The molecule has 0 aromatic heterocycles. The summed E-state index contributed by atoms with van der Waals surface area (Å²) in [6.07, 6.45) is 4.48. The van der Waals surface area contributed by atoms with Crippen LogP contribution >= 0.6 is 25.3 Å². The summed E-state index contributed by atoms with van der Waals surface area (Å²) in [6, 6.07) is 0. The van der Waals surface area contributed by atoms with Crippen molar-refractivity contribution in [2.45, 2.75) is 37.4 Å². The number of thiol groups is 2. The minimum absolute atomic E-state index is 0.0927. The van der Waals surface area contributed by atoms with E-state index in [0.29, 0.717) is 11.7 Å². The summed E-state index contributed by atoms with van der Waals surface area (Å²) in [6.45, 7) is 0. The Hall–Kier alpha value is 0.130. The second kappa shape index (κ2) is 8.72. The van der Waals surface area contributed by atoms with E-state index in [9.17, 15) is 4.79 Å². The number of hydrogen-bond acceptors (Lipinski definition) is 4. The predicted octanol–water partition coefficient (Wildman–Crippen LogP) is 1.15. The zero-order valence-electron chi connectivity index (χ0n) is 7.70. The number of hydrazine groups is 1. The van der Waals surface area contributed by atoms with Crippen LogP contribution in [0, 0.1) is 0 Å². The highest BCUT2D eigenvalue weighted by molar-refractivity contribution is 7.81. The Morgan fingerprint density at radius 1 is 1.38 bits per heavy atom. The molecule has 0 heterocycles. The number of unbranched alkanes of at least 4 members (excludes halogenated alkanes) is 1. The molecule has 0 aliphatic carbocycles. The molecule has 13 heavy (non-hydrogen) atoms. The van der Waals surface area contributed by atoms with Gasteiger partial charge in [-0.1, -0.05) is 6.42 Å². The third kappa shape index (κ3) is 8.46. The van der Waals surface area contributed by atoms with E-state index in [-0.39, 0.29) is 5.91 Å². The Labute approximate surface area is 90.6 Å². The SMILES string of the molecule is NNC(=O)CCCCC(S)CCS. The molecule has 0 saturated heterocycles. The lowest BCUT2D eigenvalue weighted by Crippen LogP contribution is -2.29. The third-order valence-corrected chi connectivity index (χ3v) is 2.59. The fourth-order valence-corrected chi connectivity index (χ4v) is 1.86. The molecule has 0 aliphatic rings. The van der Waals surface area contributed by atoms with E-state index in [0.717, 1.165) is 31.4 Å². The van der Waals surface area contributed by atoms with Gasteiger partial charge in [0, 0.05) is 11.7 Å². The number of carbonyl (C=O) groups is 1. The molecule has 0 aromatic rings. The van der Waals surface area contributed by atoms with Crippen molar-refractivity contribution in [3.63, 3.8) is 0 Å². The summed E-state index contributed by atoms with van der Waals surface area (Å²) < 4.78 is 0. The van der Waals surface area contributed by atoms with Gasteiger partial charge in [0.15, 0.2) is 0 Å². The zero-order valence-corrected chi connectivity index (χ0v) is 9.49. The van der Waals surface area contributed by atoms with Gasteiger partial charge in [0.25, 0.3) is 0 Å². The van der Waals surface area contributed by atoms with Crippen molar-refractivity contribution in [3.8, 4) is 0 Å². The molecule has 0 aliphatic heterocycles. The highest BCUT2D eigenvalue weighted by atomic mass is 32.1. The number of nitrogens with one attached hydrogen (secondary N) is 1. The van der Waals surface area contributed by atoms with Gasteiger partial charge in [0.2, 0.25) is 5.91 Å². The largest absolute Gasteiger partial charge is 0.294 e. The van der Waals surface area contributed by atoms with Crippen LogP contribution in [0.3, 0.4) is 0 Å². The molecular weight excluding hydrogens is 204 g/mol. The van der Waals surface area contributed by atoms with Crippen LogP contribution in [-0.4, -0.2) is 16.9 Å². The van der Waals surface area contributed by atoms with Gasteiger partial charge in [-0.25, -0.2) is 5.84 Å². The first-order chi connectivity index (χ1) is 6.20. The van der Waals surface area contributed by atoms with Crippen molar-refractivity contribution >= 4 is 31.2 Å². The molecule has 1 amide bonds. The molecule has 5 heteroatoms. The second-order valence-corrected chi connectivity index (χ2v) is 4.16. The fraction of sp³-hybridized carbons (Fsp3) is 0.875. The lowest BCUT2D eigenvalue weighted by atomic mass is 10.1. The lowest BCUT2D eigenvalue weighted by Gasteiger charge is -2.07. The van der Waals surface area contributed by atoms with E-state index in [2.05, 4.69) is 30.7 Å². The molecule has 0 spiro atoms. The second-order valence-electron chi connectivity index (χ2n) is 2.98. The minimum atomic E-state index is -0.0927. The highest BCUT2D eigenvalue weighted by Gasteiger charge is 2.02. The summed E-state index contributed by atoms with van der Waals surface area (Å²) in [4.78, 5) is 10.7. The van der Waals surface area contributed by atoms with Crippen molar-refractivity contribution in [2.75, 3.05) is 5.75 Å². The zero-order chi connectivity index (χ0) is 10.1. The average molecular weight is 222 g/mol. The van der Waals surface area contributed by atoms with Gasteiger partial charge in [0.1, 0.15) is 0 Å². The van der Waals surface area contributed by atoms with Crippen molar-refractivity contribution in [1.82, 2.24) is 5.43 Å². The van der Waals surface area contributed by atoms with E-state index in [4.69, 9.17) is 5.84 Å². The molecule has 0 fully saturated rings. The molecule has 0 saturated carbocycles. The Bertz CT molecular complexity index is 144. The molecule has 1 unspecified atom stereocenters. The normalized spacial score (nSPS) is 12.5. The van der Waals surface area contributed by atoms with Gasteiger partial charge in [-0.05, 0) is 25.0 Å². The maximum absolute atomic E-state index is 10.7. The van der Waals surface area contributed by atoms with E-state index in [1.807, 2.05) is 0 Å². The monoisotopic (exact) mass is 222 g/mol. The fourth-order valence-electron chi connectivity index (χ4n) is 1.03. The summed E-state index contributed by atoms with van der Waals surface area (Å²) in [7, 11) is 0. The van der Waals surface area contributed by atoms with Gasteiger partial charge < -0.3 is 0 Å². The Morgan fingerprint density at radius 2 is 2.08 bits per heavy atom. The molecule has 0 aromatic carbocycles. The van der Waals surface area contributed by atoms with Crippen LogP contribution in [-0.2, 0) is 4.79 Å². The van der Waals surface area contributed by atoms with Crippen LogP contribution in [0.15, 0.2) is 0 Å². The van der Waals surface area contributed by atoms with Crippen LogP contribution in [0.25, 0.3) is 0 Å². The summed E-state index contributed by atoms with van der Waals surface area (Å²) in [5.74, 6) is 5.72. The lowest BCUT2D eigenvalue weighted by molar-refractivity contribution is -0.121. The van der Waals surface area contributed by atoms with Crippen LogP contribution in [0.1, 0.15) is 32.1 Å². The average Bonchev–Trinajstić information content (AvgIpc) is 2.12. The molecule has 1 atom stereocenters. The summed E-state index contributed by atoms with van der Waals surface area (Å²) in [5.41, 5.74) is 2.11. The highest BCUT2D eigenvalue weighted by Crippen LogP contribution is 2.12.